The topological polar surface area (TPSA) is 38.9 Å². The predicted octanol–water partition coefficient (Wildman–Crippen LogP) is 13.7. The van der Waals surface area contributed by atoms with E-state index in [1.54, 1.807) is 0 Å². The molecule has 6 aromatic carbocycles. The van der Waals surface area contributed by atoms with Gasteiger partial charge in [-0.2, -0.15) is 0 Å². The molecule has 3 heterocycles. The van der Waals surface area contributed by atoms with E-state index in [4.69, 9.17) is 4.42 Å². The molecule has 1 radical (unpaired) electrons. The summed E-state index contributed by atoms with van der Waals surface area (Å²) in [4.78, 5) is 9.31. The van der Waals surface area contributed by atoms with Crippen molar-refractivity contribution in [3.63, 3.8) is 0 Å². The first kappa shape index (κ1) is 40.8. The standard InChI is InChI=1S/C33H26NO.C20H20GeN.Ir/c1-22(2)19-23-17-18-34-31(20-23)30-10-6-9-29-28-16-15-27(21-32(28)35-33(29)30)26-13-11-25(12-14-26)24-7-4-3-5-8-24;1-21(2,3)19-12-13-20(22-15-19)18-11-7-10-17(14-18)16-8-5-4-6-9-16;/h3-9,11-18,20-22H,19H2,1-2H3;4-10,12-15H,1-3H3;/q2*-1;. The number of hydrogen-bond acceptors (Lipinski definition) is 3. The van der Waals surface area contributed by atoms with Crippen molar-refractivity contribution in [1.29, 1.82) is 0 Å². The Morgan fingerprint density at radius 1 is 0.569 bits per heavy atom. The fourth-order valence-electron chi connectivity index (χ4n) is 7.23. The first-order valence-corrected chi connectivity index (χ1v) is 27.1. The van der Waals surface area contributed by atoms with E-state index >= 15 is 0 Å². The third kappa shape index (κ3) is 9.32. The van der Waals surface area contributed by atoms with Crippen molar-refractivity contribution < 1.29 is 24.5 Å². The third-order valence-electron chi connectivity index (χ3n) is 10.3. The monoisotopic (exact) mass is 993 g/mol. The first-order valence-electron chi connectivity index (χ1n) is 19.7. The maximum Gasteiger partial charge on any atom is 0 e. The summed E-state index contributed by atoms with van der Waals surface area (Å²) in [5.41, 5.74) is 14.0. The molecule has 0 aliphatic heterocycles. The van der Waals surface area contributed by atoms with Gasteiger partial charge in [-0.25, -0.2) is 0 Å². The predicted molar refractivity (Wildman–Crippen MR) is 242 cm³/mol. The van der Waals surface area contributed by atoms with Crippen LogP contribution in [0, 0.1) is 18.1 Å². The van der Waals surface area contributed by atoms with Crippen LogP contribution in [0.5, 0.6) is 0 Å². The number of rotatable bonds is 8. The average molecular weight is 992 g/mol. The maximum absolute atomic E-state index is 6.44. The number of hydrogen-bond donors (Lipinski definition) is 0. The van der Waals surface area contributed by atoms with Crippen molar-refractivity contribution in [2.24, 2.45) is 5.92 Å². The van der Waals surface area contributed by atoms with Crippen LogP contribution in [-0.4, -0.2) is 23.2 Å². The molecule has 0 aliphatic carbocycles. The van der Waals surface area contributed by atoms with Gasteiger partial charge in [0.1, 0.15) is 5.58 Å². The van der Waals surface area contributed by atoms with Crippen LogP contribution in [0.1, 0.15) is 19.4 Å². The van der Waals surface area contributed by atoms with E-state index in [1.807, 2.05) is 30.5 Å². The SMILES string of the molecule is CC(C)Cc1ccnc(-c2[c-]ccc3c2oc2cc(-c4ccc(-c5ccccc5)cc4)ccc23)c1.[CH3][Ge]([CH3])([CH3])[c]1ccc(-c2[c-]ccc(-c3ccccc3)c2)nc1.[Ir]. The minimum absolute atomic E-state index is 0. The molecular formula is C53H46GeIrN2O-2. The number of pyridine rings is 2. The summed E-state index contributed by atoms with van der Waals surface area (Å²) in [6, 6.07) is 61.7. The fourth-order valence-corrected chi connectivity index (χ4v) is 9.40. The summed E-state index contributed by atoms with van der Waals surface area (Å²) >= 11 is -1.79. The number of fused-ring (bicyclic) bond motifs is 3. The van der Waals surface area contributed by atoms with Gasteiger partial charge >= 0.3 is 135 Å². The summed E-state index contributed by atoms with van der Waals surface area (Å²) in [6.45, 7) is 4.47. The van der Waals surface area contributed by atoms with Crippen molar-refractivity contribution in [3.05, 3.63) is 188 Å². The van der Waals surface area contributed by atoms with E-state index in [1.165, 1.54) is 37.8 Å². The Morgan fingerprint density at radius 2 is 1.19 bits per heavy atom. The van der Waals surface area contributed by atoms with Gasteiger partial charge in [-0.1, -0.05) is 103 Å². The molecule has 0 bridgehead atoms. The zero-order chi connectivity index (χ0) is 39.4. The molecular weight excluding hydrogens is 945 g/mol. The zero-order valence-electron chi connectivity index (χ0n) is 33.6. The van der Waals surface area contributed by atoms with Gasteiger partial charge in [0.05, 0.1) is 5.58 Å². The summed E-state index contributed by atoms with van der Waals surface area (Å²) in [6.07, 6.45) is 4.97. The van der Waals surface area contributed by atoms with Gasteiger partial charge in [0.2, 0.25) is 0 Å². The summed E-state index contributed by atoms with van der Waals surface area (Å²) in [5, 5.41) is 2.20. The quantitative estimate of drug-likeness (QED) is 0.112. The molecule has 0 spiro atoms. The maximum atomic E-state index is 6.44. The molecule has 0 amide bonds. The molecule has 3 nitrogen and oxygen atoms in total. The molecule has 0 atom stereocenters. The molecule has 9 aromatic rings. The molecule has 5 heteroatoms. The molecule has 0 aliphatic rings. The van der Waals surface area contributed by atoms with Crippen molar-refractivity contribution in [1.82, 2.24) is 9.97 Å². The third-order valence-corrected chi connectivity index (χ3v) is 14.6. The van der Waals surface area contributed by atoms with Crippen LogP contribution in [0.25, 0.3) is 77.8 Å². The van der Waals surface area contributed by atoms with E-state index < -0.39 is 13.3 Å². The Bertz CT molecular complexity index is 2750. The van der Waals surface area contributed by atoms with Gasteiger partial charge in [-0.05, 0) is 52.4 Å². The largest absolute Gasteiger partial charge is 0 e. The Kier molecular flexibility index (Phi) is 12.7. The number of aromatic nitrogens is 2. The van der Waals surface area contributed by atoms with E-state index in [-0.39, 0.29) is 20.1 Å². The molecule has 0 saturated heterocycles. The summed E-state index contributed by atoms with van der Waals surface area (Å²) in [7, 11) is 0. The van der Waals surface area contributed by atoms with Gasteiger partial charge in [0.25, 0.3) is 0 Å². The van der Waals surface area contributed by atoms with Crippen molar-refractivity contribution in [2.45, 2.75) is 37.5 Å². The van der Waals surface area contributed by atoms with Crippen LogP contribution < -0.4 is 4.40 Å². The molecule has 289 valence electrons. The smallest absolute Gasteiger partial charge is 0 e. The van der Waals surface area contributed by atoms with Crippen molar-refractivity contribution >= 4 is 39.6 Å². The van der Waals surface area contributed by atoms with Crippen LogP contribution in [0.3, 0.4) is 0 Å². The van der Waals surface area contributed by atoms with Crippen LogP contribution in [0.4, 0.5) is 0 Å². The van der Waals surface area contributed by atoms with E-state index in [2.05, 4.69) is 193 Å². The van der Waals surface area contributed by atoms with Gasteiger partial charge in [0, 0.05) is 31.7 Å². The molecule has 0 unspecified atom stereocenters. The van der Waals surface area contributed by atoms with Crippen LogP contribution in [0.2, 0.25) is 17.3 Å². The first-order chi connectivity index (χ1) is 27.7. The van der Waals surface area contributed by atoms with Crippen molar-refractivity contribution in [3.8, 4) is 55.9 Å². The summed E-state index contributed by atoms with van der Waals surface area (Å²) in [5.74, 6) is 7.76. The second-order valence-electron chi connectivity index (χ2n) is 16.0. The number of benzene rings is 6. The van der Waals surface area contributed by atoms with Crippen molar-refractivity contribution in [2.75, 3.05) is 0 Å². The molecule has 0 fully saturated rings. The second kappa shape index (κ2) is 18.0. The van der Waals surface area contributed by atoms with Crippen LogP contribution in [-0.2, 0) is 26.5 Å². The minimum Gasteiger partial charge on any atom is 0 e. The van der Waals surface area contributed by atoms with Crippen LogP contribution in [0.15, 0.2) is 175 Å². The Balaban J connectivity index is 0.000000192. The Morgan fingerprint density at radius 3 is 1.84 bits per heavy atom. The number of nitrogens with zero attached hydrogens (tertiary/aromatic N) is 2. The fraction of sp³-hybridized carbons (Fsp3) is 0.132. The molecule has 9 rings (SSSR count). The van der Waals surface area contributed by atoms with Gasteiger partial charge < -0.3 is 9.40 Å². The Labute approximate surface area is 359 Å². The average Bonchev–Trinajstić information content (AvgIpc) is 3.63. The van der Waals surface area contributed by atoms with Crippen LogP contribution >= 0.6 is 0 Å². The minimum atomic E-state index is -1.79. The molecule has 58 heavy (non-hydrogen) atoms. The summed E-state index contributed by atoms with van der Waals surface area (Å²) < 4.78 is 7.88. The Hall–Kier alpha value is -5.39. The van der Waals surface area contributed by atoms with E-state index in [0.29, 0.717) is 5.92 Å². The van der Waals surface area contributed by atoms with Gasteiger partial charge in [0.15, 0.2) is 0 Å². The molecule has 3 aromatic heterocycles. The normalized spacial score (nSPS) is 11.3. The second-order valence-corrected chi connectivity index (χ2v) is 26.7. The van der Waals surface area contributed by atoms with E-state index in [0.717, 1.165) is 56.4 Å². The number of furan rings is 1. The van der Waals surface area contributed by atoms with E-state index in [9.17, 15) is 0 Å². The van der Waals surface area contributed by atoms with Gasteiger partial charge in [-0.3, -0.25) is 0 Å². The molecule has 0 saturated carbocycles. The zero-order valence-corrected chi connectivity index (χ0v) is 38.1. The molecule has 0 N–H and O–H groups in total. The van der Waals surface area contributed by atoms with Gasteiger partial charge in [-0.15, -0.1) is 18.2 Å².